The Morgan fingerprint density at radius 2 is 0.656 bits per heavy atom. The first kappa shape index (κ1) is 88.2. The summed E-state index contributed by atoms with van der Waals surface area (Å²) in [5.74, 6) is -0.204. The highest BCUT2D eigenvalue weighted by Gasteiger charge is 2.23. The van der Waals surface area contributed by atoms with Crippen molar-refractivity contribution in [1.29, 1.82) is 0 Å². The van der Waals surface area contributed by atoms with Crippen molar-refractivity contribution in [3.05, 3.63) is 60.8 Å². The van der Waals surface area contributed by atoms with Gasteiger partial charge in [0.15, 0.2) is 0 Å². The fourth-order valence-electron chi connectivity index (χ4n) is 12.0. The molecule has 0 fully saturated rings. The summed E-state index contributed by atoms with van der Waals surface area (Å²) in [6, 6.07) is -0.912. The quantitative estimate of drug-likeness (QED) is 0.0272. The van der Waals surface area contributed by atoms with Crippen molar-refractivity contribution in [2.24, 2.45) is 0 Å². The molecule has 0 aliphatic carbocycles. The van der Waals surface area contributed by atoms with Crippen LogP contribution in [0.4, 0.5) is 0 Å². The first-order chi connectivity index (χ1) is 44.0. The molecule has 0 saturated carbocycles. The first-order valence-corrected chi connectivity index (χ1v) is 41.1. The molecule has 0 spiro atoms. The fourth-order valence-corrected chi connectivity index (χ4v) is 12.8. The van der Waals surface area contributed by atoms with Gasteiger partial charge in [0.2, 0.25) is 5.91 Å². The molecule has 0 bridgehead atoms. The zero-order chi connectivity index (χ0) is 65.5. The van der Waals surface area contributed by atoms with Crippen LogP contribution >= 0.6 is 7.82 Å². The fraction of sp³-hybridized carbons (Fsp3) is 0.864. The lowest BCUT2D eigenvalue weighted by Gasteiger charge is -2.29. The van der Waals surface area contributed by atoms with E-state index >= 15 is 0 Å². The van der Waals surface area contributed by atoms with Gasteiger partial charge in [-0.3, -0.25) is 9.36 Å². The smallest absolute Gasteiger partial charge is 0.268 e. The number of nitrogens with zero attached hydrogens (tertiary/aromatic N) is 1. The van der Waals surface area contributed by atoms with Crippen molar-refractivity contribution in [3.8, 4) is 0 Å². The molecule has 0 aliphatic rings. The molecule has 90 heavy (non-hydrogen) atoms. The molecule has 3 unspecified atom stereocenters. The number of carbonyl (C=O) groups excluding carboxylic acids is 1. The van der Waals surface area contributed by atoms with Crippen LogP contribution in [-0.4, -0.2) is 68.5 Å². The molecule has 3 atom stereocenters. The number of aliphatic hydroxyl groups is 1. The molecule has 0 heterocycles. The predicted molar refractivity (Wildman–Crippen MR) is 394 cm³/mol. The number of amides is 1. The minimum absolute atomic E-state index is 0.00819. The predicted octanol–water partition coefficient (Wildman–Crippen LogP) is 25.3. The summed E-state index contributed by atoms with van der Waals surface area (Å²) < 4.78 is 23.5. The summed E-state index contributed by atoms with van der Waals surface area (Å²) in [6.45, 7) is 4.67. The zero-order valence-electron chi connectivity index (χ0n) is 60.9. The third kappa shape index (κ3) is 73.6. The van der Waals surface area contributed by atoms with Crippen LogP contribution in [0.5, 0.6) is 0 Å². The van der Waals surface area contributed by atoms with Gasteiger partial charge in [0.05, 0.1) is 39.9 Å². The number of carbonyl (C=O) groups is 1. The monoisotopic (exact) mass is 1280 g/mol. The van der Waals surface area contributed by atoms with Gasteiger partial charge in [0, 0.05) is 6.42 Å². The maximum atomic E-state index is 13.1. The number of likely N-dealkylation sites (N-methyl/N-ethyl adjacent to an activating group) is 1. The van der Waals surface area contributed by atoms with E-state index in [0.717, 1.165) is 51.4 Å². The van der Waals surface area contributed by atoms with Crippen molar-refractivity contribution < 1.29 is 32.9 Å². The second-order valence-corrected chi connectivity index (χ2v) is 29.8. The molecule has 0 radical (unpaired) electrons. The van der Waals surface area contributed by atoms with E-state index < -0.39 is 26.6 Å². The number of hydrogen-bond donors (Lipinski definition) is 2. The average molecular weight is 1280 g/mol. The Bertz CT molecular complexity index is 1650. The highest BCUT2D eigenvalue weighted by atomic mass is 31.2. The molecular formula is C81H155N2O6P. The summed E-state index contributed by atoms with van der Waals surface area (Å²) in [4.78, 5) is 25.7. The van der Waals surface area contributed by atoms with Gasteiger partial charge in [-0.1, -0.05) is 376 Å². The van der Waals surface area contributed by atoms with Crippen molar-refractivity contribution >= 4 is 13.7 Å². The minimum Gasteiger partial charge on any atom is -0.756 e. The topological polar surface area (TPSA) is 108 Å². The first-order valence-electron chi connectivity index (χ1n) is 39.7. The normalized spacial score (nSPS) is 13.8. The van der Waals surface area contributed by atoms with Gasteiger partial charge in [-0.2, -0.15) is 0 Å². The van der Waals surface area contributed by atoms with Gasteiger partial charge in [0.25, 0.3) is 7.82 Å². The SMILES string of the molecule is CCCCCCC/C=C\C/C=C\CCCCCCCCCCCCCCCCCCCCCCCCCCCCCC(=O)NC(COP(=O)([O-])OCC[N+](C)(C)C)C(O)/C=C/CC/C=C/CC/C=C/CCCCCCCCCCCCCCCCCCCCC. The average Bonchev–Trinajstić information content (AvgIpc) is 3.72. The van der Waals surface area contributed by atoms with Crippen LogP contribution in [0.15, 0.2) is 60.8 Å². The van der Waals surface area contributed by atoms with Crippen LogP contribution in [0.1, 0.15) is 399 Å². The standard InChI is InChI=1S/C81H155N2O6P/c1-6-8-10-12-14-16-18-20-22-24-26-28-30-32-34-36-37-38-39-40-41-42-43-44-45-47-49-51-53-55-57-59-61-63-65-67-69-71-73-75-81(85)82-79(78-89-90(86,87)88-77-76-83(3,4)5)80(84)74-72-70-68-66-64-62-60-58-56-54-52-50-48-46-35-33-31-29-27-25-23-21-19-17-15-13-11-9-7-2/h18,20,24,26,56,58,64,66,72,74,79-80,84H,6-17,19,21-23,25,27-55,57,59-63,65,67-71,73,75-78H2,1-5H3,(H-,82,85,86,87)/b20-18-,26-24-,58-56+,66-64+,74-72+. The summed E-state index contributed by atoms with van der Waals surface area (Å²) >= 11 is 0. The van der Waals surface area contributed by atoms with Gasteiger partial charge in [0.1, 0.15) is 13.2 Å². The van der Waals surface area contributed by atoms with Crippen LogP contribution < -0.4 is 10.2 Å². The second kappa shape index (κ2) is 71.5. The van der Waals surface area contributed by atoms with E-state index in [1.807, 2.05) is 27.2 Å². The lowest BCUT2D eigenvalue weighted by molar-refractivity contribution is -0.870. The molecule has 2 N–H and O–H groups in total. The molecular weight excluding hydrogens is 1130 g/mol. The van der Waals surface area contributed by atoms with E-state index in [4.69, 9.17) is 9.05 Å². The summed E-state index contributed by atoms with van der Waals surface area (Å²) in [5.41, 5.74) is 0. The third-order valence-electron chi connectivity index (χ3n) is 18.2. The van der Waals surface area contributed by atoms with Crippen molar-refractivity contribution in [2.75, 3.05) is 40.9 Å². The number of quaternary nitrogens is 1. The van der Waals surface area contributed by atoms with E-state index in [-0.39, 0.29) is 12.5 Å². The highest BCUT2D eigenvalue weighted by molar-refractivity contribution is 7.45. The van der Waals surface area contributed by atoms with E-state index in [1.54, 1.807) is 6.08 Å². The van der Waals surface area contributed by atoms with Gasteiger partial charge >= 0.3 is 0 Å². The third-order valence-corrected chi connectivity index (χ3v) is 19.1. The summed E-state index contributed by atoms with van der Waals surface area (Å²) in [7, 11) is 1.25. The van der Waals surface area contributed by atoms with E-state index in [0.29, 0.717) is 17.4 Å². The number of hydrogen-bond acceptors (Lipinski definition) is 6. The lowest BCUT2D eigenvalue weighted by atomic mass is 10.0. The summed E-state index contributed by atoms with van der Waals surface area (Å²) in [6.07, 6.45) is 99.7. The van der Waals surface area contributed by atoms with Crippen LogP contribution in [0.2, 0.25) is 0 Å². The number of phosphoric acid groups is 1. The molecule has 530 valence electrons. The number of allylic oxidation sites excluding steroid dienone is 9. The Morgan fingerprint density at radius 1 is 0.389 bits per heavy atom. The molecule has 8 nitrogen and oxygen atoms in total. The van der Waals surface area contributed by atoms with Crippen LogP contribution in [-0.2, 0) is 18.4 Å². The Morgan fingerprint density at radius 3 is 0.967 bits per heavy atom. The van der Waals surface area contributed by atoms with Crippen molar-refractivity contribution in [3.63, 3.8) is 0 Å². The number of rotatable bonds is 74. The molecule has 0 aliphatic heterocycles. The van der Waals surface area contributed by atoms with Crippen LogP contribution in [0, 0.1) is 0 Å². The summed E-state index contributed by atoms with van der Waals surface area (Å²) in [5, 5.41) is 14.0. The molecule has 0 aromatic rings. The van der Waals surface area contributed by atoms with Crippen LogP contribution in [0.3, 0.4) is 0 Å². The molecule has 0 aromatic carbocycles. The van der Waals surface area contributed by atoms with E-state index in [2.05, 4.69) is 67.8 Å². The maximum Gasteiger partial charge on any atom is 0.268 e. The molecule has 0 rings (SSSR count). The molecule has 0 aromatic heterocycles. The van der Waals surface area contributed by atoms with Crippen LogP contribution in [0.25, 0.3) is 0 Å². The Hall–Kier alpha value is -1.80. The van der Waals surface area contributed by atoms with Gasteiger partial charge in [-0.15, -0.1) is 0 Å². The van der Waals surface area contributed by atoms with Gasteiger partial charge in [-0.25, -0.2) is 0 Å². The molecule has 0 saturated heterocycles. The lowest BCUT2D eigenvalue weighted by Crippen LogP contribution is -2.45. The number of nitrogens with one attached hydrogen (secondary N) is 1. The van der Waals surface area contributed by atoms with Crippen molar-refractivity contribution in [2.45, 2.75) is 411 Å². The number of phosphoric ester groups is 1. The zero-order valence-corrected chi connectivity index (χ0v) is 61.8. The van der Waals surface area contributed by atoms with Gasteiger partial charge in [-0.05, 0) is 77.0 Å². The molecule has 1 amide bonds. The largest absolute Gasteiger partial charge is 0.756 e. The Labute approximate surface area is 562 Å². The minimum atomic E-state index is -4.62. The highest BCUT2D eigenvalue weighted by Crippen LogP contribution is 2.38. The second-order valence-electron chi connectivity index (χ2n) is 28.4. The van der Waals surface area contributed by atoms with E-state index in [1.165, 1.54) is 327 Å². The number of unbranched alkanes of at least 4 members (excludes halogenated alkanes) is 53. The maximum absolute atomic E-state index is 13.1. The number of aliphatic hydroxyl groups excluding tert-OH is 1. The Balaban J connectivity index is 3.98. The molecule has 9 heteroatoms. The van der Waals surface area contributed by atoms with Crippen molar-refractivity contribution in [1.82, 2.24) is 5.32 Å². The van der Waals surface area contributed by atoms with Gasteiger partial charge < -0.3 is 28.8 Å². The van der Waals surface area contributed by atoms with E-state index in [9.17, 15) is 19.4 Å². The Kier molecular flexibility index (Phi) is 70.1.